The molecular weight excluding hydrogens is 1260 g/mol. The Labute approximate surface area is 560 Å². The highest BCUT2D eigenvalue weighted by atomic mass is 32.2. The molecule has 3 aromatic rings. The molecular formula is C65H104N11O13S2Si2+. The van der Waals surface area contributed by atoms with Crippen LogP contribution in [-0.4, -0.2) is 181 Å². The lowest BCUT2D eigenvalue weighted by molar-refractivity contribution is -0.647. The number of benzene rings is 1. The van der Waals surface area contributed by atoms with E-state index in [2.05, 4.69) is 86.8 Å². The fourth-order valence-electron chi connectivity index (χ4n) is 8.91. The summed E-state index contributed by atoms with van der Waals surface area (Å²) in [5.41, 5.74) is -0.588. The molecule has 6 heterocycles. The van der Waals surface area contributed by atoms with E-state index in [9.17, 15) is 48.4 Å². The molecule has 0 unspecified atom stereocenters. The van der Waals surface area contributed by atoms with Gasteiger partial charge in [-0.25, -0.2) is 14.4 Å². The van der Waals surface area contributed by atoms with E-state index >= 15 is 0 Å². The molecule has 516 valence electrons. The number of carbonyl (C=O) groups is 9. The predicted octanol–water partition coefficient (Wildman–Crippen LogP) is 6.82. The minimum atomic E-state index is -1.55. The van der Waals surface area contributed by atoms with E-state index in [4.69, 9.17) is 14.2 Å². The van der Waals surface area contributed by atoms with Gasteiger partial charge in [0.05, 0.1) is 13.2 Å². The fraction of sp³-hybridized carbons (Fsp3) is 0.615. The van der Waals surface area contributed by atoms with E-state index in [1.165, 1.54) is 59.9 Å². The maximum absolute atomic E-state index is 14.0. The van der Waals surface area contributed by atoms with Gasteiger partial charge < -0.3 is 62.0 Å². The number of esters is 2. The first-order chi connectivity index (χ1) is 43.4. The number of hydrogen-bond acceptors (Lipinski definition) is 16. The minimum Gasteiger partial charge on any atom is -0.617 e. The lowest BCUT2D eigenvalue weighted by atomic mass is 9.88. The summed E-state index contributed by atoms with van der Waals surface area (Å²) in [6, 6.07) is 11.2. The van der Waals surface area contributed by atoms with Crippen LogP contribution in [0.4, 0.5) is 4.79 Å². The fourth-order valence-corrected chi connectivity index (χ4v) is 16.1. The van der Waals surface area contributed by atoms with E-state index in [1.54, 1.807) is 53.7 Å². The van der Waals surface area contributed by atoms with Crippen LogP contribution in [0, 0.1) is 10.6 Å². The summed E-state index contributed by atoms with van der Waals surface area (Å²) in [6.07, 6.45) is 1.97. The molecule has 9 N–H and O–H groups in total. The maximum atomic E-state index is 14.0. The van der Waals surface area contributed by atoms with Gasteiger partial charge in [0.2, 0.25) is 0 Å². The largest absolute Gasteiger partial charge is 0.617 e. The molecule has 4 aliphatic heterocycles. The number of aromatic amines is 1. The van der Waals surface area contributed by atoms with E-state index in [0.29, 0.717) is 64.4 Å². The Bertz CT molecular complexity index is 3030. The molecule has 0 spiro atoms. The van der Waals surface area contributed by atoms with Crippen molar-refractivity contribution < 1.29 is 67.1 Å². The van der Waals surface area contributed by atoms with Crippen LogP contribution in [0.15, 0.2) is 58.6 Å². The van der Waals surface area contributed by atoms with Crippen LogP contribution >= 0.6 is 23.5 Å². The number of aromatic nitrogens is 2. The van der Waals surface area contributed by atoms with Gasteiger partial charge in [0.15, 0.2) is 0 Å². The second kappa shape index (κ2) is 36.9. The Balaban J connectivity index is 1.44. The van der Waals surface area contributed by atoms with Gasteiger partial charge in [-0.15, -0.1) is 0 Å². The van der Waals surface area contributed by atoms with Crippen molar-refractivity contribution >= 4 is 93.1 Å². The van der Waals surface area contributed by atoms with Crippen molar-refractivity contribution in [1.82, 2.24) is 47.4 Å². The van der Waals surface area contributed by atoms with Crippen LogP contribution in [0.5, 0.6) is 0 Å². The summed E-state index contributed by atoms with van der Waals surface area (Å²) in [7, 11) is -3.01. The second-order valence-electron chi connectivity index (χ2n) is 28.6. The normalized spacial score (nSPS) is 15.4. The highest BCUT2D eigenvalue weighted by molar-refractivity contribution is 7.99. The number of nitrogens with zero attached hydrogens (tertiary/aromatic N) is 2. The van der Waals surface area contributed by atoms with Gasteiger partial charge in [-0.3, -0.25) is 33.7 Å². The lowest BCUT2D eigenvalue weighted by Gasteiger charge is -2.28. The first kappa shape index (κ1) is 78.8. The van der Waals surface area contributed by atoms with E-state index < -0.39 is 81.0 Å². The first-order valence-corrected chi connectivity index (χ1v) is 41.5. The Hall–Kier alpha value is -6.60. The molecule has 0 saturated carbocycles. The SMILES string of the molecule is CC(C)(C)CC[C@H](NC(=O)N[C@@H](CCCCNC(=O)c1ccc(C(=O)NCCN2CCNC(=O)c3ccc([nH+]c3SCC[Si](C)(C)C)C(=O)NCCOCCNC(=O)c3ccc(c(SCC[Si](C)(C)C)[n+]3[O-])C(=O)NCC2)cc1)C(=O)OC(C)(C)C)C(=O)OC(C)(C)C. The molecule has 2 aromatic heterocycles. The van der Waals surface area contributed by atoms with Crippen molar-refractivity contribution in [2.45, 2.75) is 179 Å². The van der Waals surface area contributed by atoms with Gasteiger partial charge in [-0.05, 0) is 128 Å². The Morgan fingerprint density at radius 2 is 1.11 bits per heavy atom. The van der Waals surface area contributed by atoms with Crippen molar-refractivity contribution in [3.05, 3.63) is 87.4 Å². The summed E-state index contributed by atoms with van der Waals surface area (Å²) in [4.78, 5) is 127. The van der Waals surface area contributed by atoms with Crippen LogP contribution in [0.2, 0.25) is 51.4 Å². The molecule has 24 nitrogen and oxygen atoms in total. The Kier molecular flexibility index (Phi) is 31.3. The minimum absolute atomic E-state index is 0.0792. The average molecular weight is 1370 g/mol. The van der Waals surface area contributed by atoms with Crippen LogP contribution in [0.1, 0.15) is 157 Å². The Morgan fingerprint density at radius 1 is 0.624 bits per heavy atom. The van der Waals surface area contributed by atoms with Crippen LogP contribution < -0.4 is 52.2 Å². The van der Waals surface area contributed by atoms with Crippen molar-refractivity contribution in [2.75, 3.05) is 83.6 Å². The standard InChI is InChI=1S/C65H103N11O13S2Si2/c1-63(2,3)28-27-50(61(84)89-65(7,8)9)74-62(85)73-49(60(83)88-64(4,5)6)18-16-17-29-66-52(77)44-19-21-45(22-20-44)53(78)67-30-35-75-36-31-68-54(79)46-23-25-48(72-58(46)90-40-42-92(10,11)12)56(81)70-33-38-87-39-34-71-57(82)51-26-24-47(55(80)69-32-37-75)59(76(51)86)91-41-43-93(13,14)15/h19-26,49-50H,16-18,27-43H2,1-15H3,(H,66,77)(H,67,78)(H,68,79)(H,69,80)(H,70,81)(H,71,82)(H2,73,74,85)/p+1/t49-,50-/m0/s1. The molecule has 7 rings (SSSR count). The van der Waals surface area contributed by atoms with Crippen molar-refractivity contribution in [3.63, 3.8) is 0 Å². The summed E-state index contributed by atoms with van der Waals surface area (Å²) in [5, 5.41) is 37.3. The number of pyridine rings is 2. The molecule has 4 bridgehead atoms. The third kappa shape index (κ3) is 30.6. The number of unbranched alkanes of at least 4 members (excludes halogenated alkanes) is 1. The van der Waals surface area contributed by atoms with Gasteiger partial charge in [-0.1, -0.05) is 83.6 Å². The monoisotopic (exact) mass is 1370 g/mol. The predicted molar refractivity (Wildman–Crippen MR) is 367 cm³/mol. The van der Waals surface area contributed by atoms with Crippen molar-refractivity contribution in [2.24, 2.45) is 5.41 Å². The van der Waals surface area contributed by atoms with Gasteiger partial charge in [0.25, 0.3) is 45.1 Å². The van der Waals surface area contributed by atoms with E-state index in [1.807, 2.05) is 25.7 Å². The molecule has 93 heavy (non-hydrogen) atoms. The molecule has 0 fully saturated rings. The summed E-state index contributed by atoms with van der Waals surface area (Å²) in [5.74, 6) is -2.62. The van der Waals surface area contributed by atoms with Crippen molar-refractivity contribution in [3.8, 4) is 0 Å². The molecule has 1 aromatic carbocycles. The van der Waals surface area contributed by atoms with Gasteiger partial charge in [-0.2, -0.15) is 9.71 Å². The van der Waals surface area contributed by atoms with Gasteiger partial charge >= 0.3 is 29.8 Å². The highest BCUT2D eigenvalue weighted by Gasteiger charge is 2.33. The number of carbonyl (C=O) groups excluding carboxylic acids is 9. The highest BCUT2D eigenvalue weighted by Crippen LogP contribution is 2.26. The van der Waals surface area contributed by atoms with E-state index in [0.717, 1.165) is 17.8 Å². The molecule has 28 heteroatoms. The number of H-pyrrole nitrogens is 1. The Morgan fingerprint density at radius 3 is 1.63 bits per heavy atom. The smallest absolute Gasteiger partial charge is 0.329 e. The number of thioether (sulfide) groups is 2. The maximum Gasteiger partial charge on any atom is 0.329 e. The zero-order valence-corrected chi connectivity index (χ0v) is 61.1. The van der Waals surface area contributed by atoms with Crippen LogP contribution in [0.25, 0.3) is 0 Å². The number of hydrogen-bond donors (Lipinski definition) is 8. The lowest BCUT2D eigenvalue weighted by Crippen LogP contribution is -2.53. The third-order valence-corrected chi connectivity index (χ3v) is 20.4. The summed E-state index contributed by atoms with van der Waals surface area (Å²) >= 11 is 2.70. The average Bonchev–Trinajstić information content (AvgIpc) is 1.55. The van der Waals surface area contributed by atoms with Crippen LogP contribution in [-0.2, 0) is 23.8 Å². The van der Waals surface area contributed by atoms with Crippen molar-refractivity contribution in [1.29, 1.82) is 0 Å². The van der Waals surface area contributed by atoms with Crippen LogP contribution in [0.3, 0.4) is 0 Å². The summed E-state index contributed by atoms with van der Waals surface area (Å²) < 4.78 is 17.4. The van der Waals surface area contributed by atoms with Gasteiger partial charge in [0.1, 0.15) is 34.4 Å². The number of ether oxygens (including phenoxy) is 3. The zero-order chi connectivity index (χ0) is 69.3. The molecule has 0 saturated heterocycles. The molecule has 0 radical (unpaired) electrons. The molecule has 0 aliphatic carbocycles. The topological polar surface area (TPSA) is 322 Å². The number of nitrogens with one attached hydrogen (secondary N) is 9. The van der Waals surface area contributed by atoms with Gasteiger partial charge in [0, 0.05) is 110 Å². The zero-order valence-electron chi connectivity index (χ0n) is 57.4. The van der Waals surface area contributed by atoms with E-state index in [-0.39, 0.29) is 111 Å². The first-order valence-electron chi connectivity index (χ1n) is 32.1. The molecule has 2 atom stereocenters. The summed E-state index contributed by atoms with van der Waals surface area (Å²) in [6.45, 7) is 31.9. The quantitative estimate of drug-likeness (QED) is 0.0114. The number of urea groups is 1. The molecule has 4 aliphatic rings. The molecule has 8 amide bonds. The number of rotatable bonds is 24. The third-order valence-electron chi connectivity index (χ3n) is 14.1. The second-order valence-corrected chi connectivity index (χ2v) is 42.0. The number of amides is 8.